The molecule has 0 saturated carbocycles. The van der Waals surface area contributed by atoms with E-state index in [1.54, 1.807) is 11.2 Å². The van der Waals surface area contributed by atoms with Gasteiger partial charge in [0.2, 0.25) is 5.91 Å². The topological polar surface area (TPSA) is 88.0 Å². The van der Waals surface area contributed by atoms with Crippen molar-refractivity contribution in [3.63, 3.8) is 0 Å². The van der Waals surface area contributed by atoms with Gasteiger partial charge in [-0.05, 0) is 25.5 Å². The molecule has 10 heteroatoms. The molecule has 1 aromatic carbocycles. The number of nitrogens with zero attached hydrogens (tertiary/aromatic N) is 5. The number of rotatable bonds is 4. The summed E-state index contributed by atoms with van der Waals surface area (Å²) in [5.41, 5.74) is 1.77. The molecular formula is C19H27N5O4S. The van der Waals surface area contributed by atoms with E-state index in [0.29, 0.717) is 58.9 Å². The summed E-state index contributed by atoms with van der Waals surface area (Å²) < 4.78 is 36.0. The molecule has 0 radical (unpaired) electrons. The minimum absolute atomic E-state index is 0.0150. The van der Waals surface area contributed by atoms with Crippen molar-refractivity contribution in [3.8, 4) is 0 Å². The third-order valence-corrected chi connectivity index (χ3v) is 7.68. The lowest BCUT2D eigenvalue weighted by Gasteiger charge is -2.31. The molecule has 2 aliphatic heterocycles. The van der Waals surface area contributed by atoms with E-state index >= 15 is 0 Å². The Hall–Kier alpha value is -2.01. The summed E-state index contributed by atoms with van der Waals surface area (Å²) in [6.07, 6.45) is 2.31. The Balaban J connectivity index is 1.44. The van der Waals surface area contributed by atoms with Gasteiger partial charge in [0.1, 0.15) is 6.04 Å². The van der Waals surface area contributed by atoms with Crippen molar-refractivity contribution in [3.05, 3.63) is 30.6 Å². The molecule has 158 valence electrons. The lowest BCUT2D eigenvalue weighted by Crippen LogP contribution is -2.49. The van der Waals surface area contributed by atoms with Crippen molar-refractivity contribution < 1.29 is 17.9 Å². The van der Waals surface area contributed by atoms with Gasteiger partial charge in [-0.1, -0.05) is 12.1 Å². The number of para-hydroxylation sites is 2. The number of fused-ring (bicyclic) bond motifs is 1. The third kappa shape index (κ3) is 4.02. The highest BCUT2D eigenvalue weighted by atomic mass is 32.2. The van der Waals surface area contributed by atoms with Gasteiger partial charge in [-0.2, -0.15) is 17.0 Å². The summed E-state index contributed by atoms with van der Waals surface area (Å²) >= 11 is 0. The summed E-state index contributed by atoms with van der Waals surface area (Å²) in [5, 5.41) is 0. The van der Waals surface area contributed by atoms with Crippen LogP contribution in [0.4, 0.5) is 0 Å². The Morgan fingerprint density at radius 1 is 1.03 bits per heavy atom. The molecule has 3 heterocycles. The Bertz CT molecular complexity index is 970. The van der Waals surface area contributed by atoms with E-state index in [1.807, 2.05) is 35.8 Å². The van der Waals surface area contributed by atoms with E-state index in [-0.39, 0.29) is 5.91 Å². The van der Waals surface area contributed by atoms with Crippen LogP contribution in [0.3, 0.4) is 0 Å². The second-order valence-corrected chi connectivity index (χ2v) is 9.34. The summed E-state index contributed by atoms with van der Waals surface area (Å²) in [6, 6.07) is 7.32. The normalized spacial score (nSPS) is 21.2. The number of hydrogen-bond acceptors (Lipinski definition) is 5. The number of benzene rings is 1. The van der Waals surface area contributed by atoms with Crippen molar-refractivity contribution >= 4 is 27.1 Å². The van der Waals surface area contributed by atoms with Crippen LogP contribution < -0.4 is 0 Å². The van der Waals surface area contributed by atoms with E-state index < -0.39 is 16.3 Å². The molecule has 2 aromatic rings. The Morgan fingerprint density at radius 3 is 2.55 bits per heavy atom. The minimum Gasteiger partial charge on any atom is -0.379 e. The van der Waals surface area contributed by atoms with Crippen LogP contribution in [-0.4, -0.2) is 89.9 Å². The summed E-state index contributed by atoms with van der Waals surface area (Å²) in [4.78, 5) is 19.3. The van der Waals surface area contributed by atoms with Gasteiger partial charge in [0.15, 0.2) is 0 Å². The highest BCUT2D eigenvalue weighted by molar-refractivity contribution is 7.86. The smallest absolute Gasteiger partial charge is 0.282 e. The van der Waals surface area contributed by atoms with Crippen LogP contribution in [-0.2, 0) is 19.7 Å². The summed E-state index contributed by atoms with van der Waals surface area (Å²) in [6.45, 7) is 5.14. The molecule has 0 N–H and O–H groups in total. The van der Waals surface area contributed by atoms with Gasteiger partial charge in [0.05, 0.1) is 30.6 Å². The van der Waals surface area contributed by atoms with Crippen molar-refractivity contribution in [1.82, 2.24) is 23.1 Å². The number of ether oxygens (including phenoxy) is 1. The van der Waals surface area contributed by atoms with Crippen LogP contribution in [0.2, 0.25) is 0 Å². The standard InChI is InChI=1S/C19H27N5O4S/c1-16(24-15-20-17-5-2-3-6-18(17)24)19(25)21-7-4-8-22(10-9-21)29(26,27)23-11-13-28-14-12-23/h2-3,5-6,15-16H,4,7-14H2,1H3. The molecule has 2 saturated heterocycles. The van der Waals surface area contributed by atoms with Gasteiger partial charge in [0, 0.05) is 39.3 Å². The third-order valence-electron chi connectivity index (χ3n) is 5.64. The van der Waals surface area contributed by atoms with Gasteiger partial charge in [-0.15, -0.1) is 0 Å². The van der Waals surface area contributed by atoms with Crippen LogP contribution >= 0.6 is 0 Å². The van der Waals surface area contributed by atoms with Crippen LogP contribution in [0.25, 0.3) is 11.0 Å². The molecule has 0 aliphatic carbocycles. The molecule has 29 heavy (non-hydrogen) atoms. The highest BCUT2D eigenvalue weighted by Crippen LogP contribution is 2.21. The summed E-state index contributed by atoms with van der Waals surface area (Å²) in [5.74, 6) is -0.0150. The zero-order valence-electron chi connectivity index (χ0n) is 16.6. The van der Waals surface area contributed by atoms with Crippen molar-refractivity contribution in [1.29, 1.82) is 0 Å². The second-order valence-electron chi connectivity index (χ2n) is 7.41. The number of hydrogen-bond donors (Lipinski definition) is 0. The zero-order chi connectivity index (χ0) is 20.4. The fourth-order valence-corrected chi connectivity index (χ4v) is 5.56. The highest BCUT2D eigenvalue weighted by Gasteiger charge is 2.33. The van der Waals surface area contributed by atoms with Crippen LogP contribution in [0.15, 0.2) is 30.6 Å². The first-order valence-corrected chi connectivity index (χ1v) is 11.4. The number of morpholine rings is 1. The first-order chi connectivity index (χ1) is 14.0. The maximum atomic E-state index is 13.1. The molecule has 1 unspecified atom stereocenters. The lowest BCUT2D eigenvalue weighted by molar-refractivity contribution is -0.134. The molecule has 9 nitrogen and oxygen atoms in total. The molecular weight excluding hydrogens is 394 g/mol. The van der Waals surface area contributed by atoms with E-state index in [0.717, 1.165) is 11.0 Å². The van der Waals surface area contributed by atoms with Gasteiger partial charge >= 0.3 is 0 Å². The first-order valence-electron chi connectivity index (χ1n) is 10.0. The molecule has 2 aliphatic rings. The van der Waals surface area contributed by atoms with E-state index in [2.05, 4.69) is 4.98 Å². The quantitative estimate of drug-likeness (QED) is 0.726. The van der Waals surface area contributed by atoms with Gasteiger partial charge < -0.3 is 14.2 Å². The minimum atomic E-state index is -3.52. The van der Waals surface area contributed by atoms with Crippen molar-refractivity contribution in [2.24, 2.45) is 0 Å². The lowest BCUT2D eigenvalue weighted by atomic mass is 10.2. The first kappa shape index (κ1) is 20.3. The predicted octanol–water partition coefficient (Wildman–Crippen LogP) is 0.709. The molecule has 0 spiro atoms. The molecule has 2 fully saturated rings. The number of amides is 1. The zero-order valence-corrected chi connectivity index (χ0v) is 17.4. The fraction of sp³-hybridized carbons (Fsp3) is 0.579. The predicted molar refractivity (Wildman–Crippen MR) is 109 cm³/mol. The van der Waals surface area contributed by atoms with E-state index in [4.69, 9.17) is 4.74 Å². The average Bonchev–Trinajstić information content (AvgIpc) is 3.01. The van der Waals surface area contributed by atoms with Gasteiger partial charge in [-0.3, -0.25) is 4.79 Å². The molecule has 1 aromatic heterocycles. The maximum Gasteiger partial charge on any atom is 0.282 e. The number of aromatic nitrogens is 2. The van der Waals surface area contributed by atoms with E-state index in [1.165, 1.54) is 8.61 Å². The second kappa shape index (κ2) is 8.39. The van der Waals surface area contributed by atoms with E-state index in [9.17, 15) is 13.2 Å². The van der Waals surface area contributed by atoms with Crippen LogP contribution in [0, 0.1) is 0 Å². The Kier molecular flexibility index (Phi) is 5.86. The fourth-order valence-electron chi connectivity index (χ4n) is 3.96. The monoisotopic (exact) mass is 421 g/mol. The summed E-state index contributed by atoms with van der Waals surface area (Å²) in [7, 11) is -3.52. The maximum absolute atomic E-state index is 13.1. The number of carbonyl (C=O) groups excluding carboxylic acids is 1. The molecule has 0 bridgehead atoms. The molecule has 1 atom stereocenters. The van der Waals surface area contributed by atoms with Crippen LogP contribution in [0.5, 0.6) is 0 Å². The van der Waals surface area contributed by atoms with Crippen molar-refractivity contribution in [2.45, 2.75) is 19.4 Å². The van der Waals surface area contributed by atoms with Gasteiger partial charge in [-0.25, -0.2) is 4.98 Å². The van der Waals surface area contributed by atoms with Gasteiger partial charge in [0.25, 0.3) is 10.2 Å². The Labute approximate surface area is 171 Å². The molecule has 4 rings (SSSR count). The molecule has 1 amide bonds. The van der Waals surface area contributed by atoms with Crippen LogP contribution in [0.1, 0.15) is 19.4 Å². The average molecular weight is 422 g/mol. The Morgan fingerprint density at radius 2 is 1.76 bits per heavy atom. The largest absolute Gasteiger partial charge is 0.379 e. The number of imidazole rings is 1. The SMILES string of the molecule is CC(C(=O)N1CCCN(S(=O)(=O)N2CCOCC2)CC1)n1cnc2ccccc21. The number of carbonyl (C=O) groups is 1. The van der Waals surface area contributed by atoms with Crippen molar-refractivity contribution in [2.75, 3.05) is 52.5 Å².